The summed E-state index contributed by atoms with van der Waals surface area (Å²) in [6.45, 7) is 5.81. The van der Waals surface area contributed by atoms with Crippen LogP contribution < -0.4 is 14.9 Å². The molecule has 0 spiro atoms. The van der Waals surface area contributed by atoms with Gasteiger partial charge in [0.1, 0.15) is 6.61 Å². The topological polar surface area (TPSA) is 72.8 Å². The number of hydrazone groups is 1. The Morgan fingerprint density at radius 1 is 1.24 bits per heavy atom. The number of carbonyl (C=O) groups is 1. The maximum Gasteiger partial charge on any atom is 0.204 e. The minimum Gasteiger partial charge on any atom is -0.493 e. The van der Waals surface area contributed by atoms with Crippen LogP contribution in [0.4, 0.5) is 5.13 Å². The average molecular weight is 410 g/mol. The Bertz CT molecular complexity index is 1040. The lowest BCUT2D eigenvalue weighted by molar-refractivity contribution is 0.102. The van der Waals surface area contributed by atoms with Crippen molar-refractivity contribution in [3.8, 4) is 11.5 Å². The number of nitrogens with one attached hydrogen (secondary N) is 1. The lowest BCUT2D eigenvalue weighted by Crippen LogP contribution is -2.01. The molecule has 1 aromatic heterocycles. The van der Waals surface area contributed by atoms with Crippen LogP contribution in [0.25, 0.3) is 0 Å². The van der Waals surface area contributed by atoms with Gasteiger partial charge in [-0.2, -0.15) is 5.10 Å². The maximum atomic E-state index is 11.6. The van der Waals surface area contributed by atoms with Crippen LogP contribution >= 0.6 is 11.3 Å². The summed E-state index contributed by atoms with van der Waals surface area (Å²) in [7, 11) is 1.61. The average Bonchev–Trinajstić information content (AvgIpc) is 3.07. The molecule has 1 N–H and O–H groups in total. The number of benzene rings is 2. The molecule has 0 unspecified atom stereocenters. The molecule has 3 rings (SSSR count). The molecule has 0 fully saturated rings. The number of nitrogens with zero attached hydrogens (tertiary/aromatic N) is 2. The van der Waals surface area contributed by atoms with Gasteiger partial charge in [-0.1, -0.05) is 47.2 Å². The monoisotopic (exact) mass is 409 g/mol. The minimum absolute atomic E-state index is 0.00309. The van der Waals surface area contributed by atoms with Gasteiger partial charge in [0.2, 0.25) is 5.13 Å². The van der Waals surface area contributed by atoms with Crippen LogP contribution in [0.3, 0.4) is 0 Å². The second-order valence-corrected chi connectivity index (χ2v) is 7.52. The summed E-state index contributed by atoms with van der Waals surface area (Å²) in [4.78, 5) is 16.5. The van der Waals surface area contributed by atoms with Crippen molar-refractivity contribution in [2.24, 2.45) is 5.10 Å². The van der Waals surface area contributed by atoms with Crippen molar-refractivity contribution in [2.75, 3.05) is 12.5 Å². The van der Waals surface area contributed by atoms with E-state index in [-0.39, 0.29) is 5.78 Å². The molecular weight excluding hydrogens is 386 g/mol. The van der Waals surface area contributed by atoms with Crippen molar-refractivity contribution >= 4 is 28.5 Å². The highest BCUT2D eigenvalue weighted by Crippen LogP contribution is 2.31. The number of thiazole rings is 1. The molecule has 0 atom stereocenters. The number of anilines is 1. The Balaban J connectivity index is 1.77. The number of hydrogen-bond acceptors (Lipinski definition) is 7. The number of aromatic nitrogens is 1. The van der Waals surface area contributed by atoms with E-state index in [1.54, 1.807) is 20.2 Å². The number of aryl methyl sites for hydroxylation is 2. The zero-order valence-electron chi connectivity index (χ0n) is 16.9. The van der Waals surface area contributed by atoms with Crippen molar-refractivity contribution in [1.29, 1.82) is 0 Å². The summed E-state index contributed by atoms with van der Waals surface area (Å²) in [5, 5.41) is 4.82. The Morgan fingerprint density at radius 2 is 2.03 bits per heavy atom. The van der Waals surface area contributed by atoms with E-state index in [0.717, 1.165) is 11.1 Å². The summed E-state index contributed by atoms with van der Waals surface area (Å²) in [6, 6.07) is 13.8. The maximum absolute atomic E-state index is 11.6. The van der Waals surface area contributed by atoms with Crippen molar-refractivity contribution in [2.45, 2.75) is 27.4 Å². The summed E-state index contributed by atoms with van der Waals surface area (Å²) >= 11 is 1.28. The Labute approximate surface area is 174 Å². The molecule has 0 radical (unpaired) electrons. The first-order valence-electron chi connectivity index (χ1n) is 9.10. The lowest BCUT2D eigenvalue weighted by Gasteiger charge is -2.13. The van der Waals surface area contributed by atoms with Gasteiger partial charge in [0.25, 0.3) is 0 Å². The number of para-hydroxylation sites is 1. The van der Waals surface area contributed by atoms with Gasteiger partial charge in [-0.3, -0.25) is 10.2 Å². The summed E-state index contributed by atoms with van der Waals surface area (Å²) in [5.41, 5.74) is 6.61. The number of hydrogen-bond donors (Lipinski definition) is 1. The molecule has 7 heteroatoms. The van der Waals surface area contributed by atoms with Crippen LogP contribution in [0.2, 0.25) is 0 Å². The number of rotatable bonds is 8. The molecule has 0 saturated heterocycles. The van der Waals surface area contributed by atoms with E-state index in [4.69, 9.17) is 9.47 Å². The fourth-order valence-electron chi connectivity index (χ4n) is 2.84. The molecule has 3 aromatic rings. The SMILES string of the molecule is COc1cccc(/C=N/Nc2nc(C)c(C(C)=O)s2)c1OCc1cccc(C)c1. The standard InChI is InChI=1S/C22H23N3O3S/c1-14-7-5-8-17(11-14)13-28-20-18(9-6-10-19(20)27-4)12-23-25-22-24-15(2)21(29-22)16(3)26/h5-12H,13H2,1-4H3,(H,24,25)/b23-12+. The molecule has 29 heavy (non-hydrogen) atoms. The van der Waals surface area contributed by atoms with Gasteiger partial charge in [-0.15, -0.1) is 0 Å². The van der Waals surface area contributed by atoms with E-state index in [1.165, 1.54) is 23.8 Å². The zero-order chi connectivity index (χ0) is 20.8. The molecule has 0 amide bonds. The molecule has 0 aliphatic carbocycles. The molecule has 0 bridgehead atoms. The highest BCUT2D eigenvalue weighted by Gasteiger charge is 2.12. The van der Waals surface area contributed by atoms with E-state index in [9.17, 15) is 4.79 Å². The Hall–Kier alpha value is -3.19. The lowest BCUT2D eigenvalue weighted by atomic mass is 10.1. The van der Waals surface area contributed by atoms with Crippen LogP contribution in [0.15, 0.2) is 47.6 Å². The van der Waals surface area contributed by atoms with E-state index < -0.39 is 0 Å². The van der Waals surface area contributed by atoms with Gasteiger partial charge >= 0.3 is 0 Å². The largest absolute Gasteiger partial charge is 0.493 e. The van der Waals surface area contributed by atoms with Crippen LogP contribution in [0, 0.1) is 13.8 Å². The third-order valence-corrected chi connectivity index (χ3v) is 5.34. The molecule has 150 valence electrons. The van der Waals surface area contributed by atoms with Crippen molar-refractivity contribution in [3.05, 3.63) is 69.7 Å². The van der Waals surface area contributed by atoms with Gasteiger partial charge in [-0.05, 0) is 31.5 Å². The Kier molecular flexibility index (Phi) is 6.61. The highest BCUT2D eigenvalue weighted by molar-refractivity contribution is 7.17. The normalized spacial score (nSPS) is 10.9. The second-order valence-electron chi connectivity index (χ2n) is 6.52. The summed E-state index contributed by atoms with van der Waals surface area (Å²) < 4.78 is 11.5. The van der Waals surface area contributed by atoms with Gasteiger partial charge < -0.3 is 9.47 Å². The number of Topliss-reactive ketones (excluding diaryl/α,β-unsaturated/α-hetero) is 1. The number of ketones is 1. The number of ether oxygens (including phenoxy) is 2. The summed E-state index contributed by atoms with van der Waals surface area (Å²) in [6.07, 6.45) is 1.65. The van der Waals surface area contributed by atoms with E-state index in [2.05, 4.69) is 21.6 Å². The fourth-order valence-corrected chi connectivity index (χ4v) is 3.65. The first kappa shape index (κ1) is 20.5. The second kappa shape index (κ2) is 9.34. The summed E-state index contributed by atoms with van der Waals surface area (Å²) in [5.74, 6) is 1.24. The number of carbonyl (C=O) groups excluding carboxylic acids is 1. The molecule has 2 aromatic carbocycles. The van der Waals surface area contributed by atoms with Gasteiger partial charge in [-0.25, -0.2) is 4.98 Å². The van der Waals surface area contributed by atoms with E-state index >= 15 is 0 Å². The van der Waals surface area contributed by atoms with E-state index in [0.29, 0.717) is 33.8 Å². The smallest absolute Gasteiger partial charge is 0.204 e. The van der Waals surface area contributed by atoms with Crippen molar-refractivity contribution < 1.29 is 14.3 Å². The molecular formula is C22H23N3O3S. The van der Waals surface area contributed by atoms with Gasteiger partial charge in [0, 0.05) is 12.5 Å². The molecule has 0 saturated carbocycles. The van der Waals surface area contributed by atoms with E-state index in [1.807, 2.05) is 43.3 Å². The quantitative estimate of drug-likeness (QED) is 0.322. The van der Waals surface area contributed by atoms with Crippen LogP contribution in [-0.2, 0) is 6.61 Å². The molecule has 1 heterocycles. The Morgan fingerprint density at radius 3 is 2.72 bits per heavy atom. The first-order valence-corrected chi connectivity index (χ1v) is 9.92. The fraction of sp³-hybridized carbons (Fsp3) is 0.227. The van der Waals surface area contributed by atoms with Crippen molar-refractivity contribution in [1.82, 2.24) is 4.98 Å². The van der Waals surface area contributed by atoms with Crippen LogP contribution in [0.1, 0.15) is 39.0 Å². The molecule has 0 aliphatic rings. The number of methoxy groups -OCH3 is 1. The first-order chi connectivity index (χ1) is 14.0. The predicted molar refractivity (Wildman–Crippen MR) is 117 cm³/mol. The van der Waals surface area contributed by atoms with Crippen molar-refractivity contribution in [3.63, 3.8) is 0 Å². The molecule has 0 aliphatic heterocycles. The third kappa shape index (κ3) is 5.20. The third-order valence-electron chi connectivity index (χ3n) is 4.18. The van der Waals surface area contributed by atoms with Gasteiger partial charge in [0.15, 0.2) is 17.3 Å². The van der Waals surface area contributed by atoms with Crippen LogP contribution in [-0.4, -0.2) is 24.1 Å². The van der Waals surface area contributed by atoms with Crippen LogP contribution in [0.5, 0.6) is 11.5 Å². The zero-order valence-corrected chi connectivity index (χ0v) is 17.7. The highest BCUT2D eigenvalue weighted by atomic mass is 32.1. The molecule has 6 nitrogen and oxygen atoms in total. The predicted octanol–water partition coefficient (Wildman–Crippen LogP) is 5.00. The van der Waals surface area contributed by atoms with Gasteiger partial charge in [0.05, 0.1) is 23.9 Å². The minimum atomic E-state index is -0.00309.